The minimum Gasteiger partial charge on any atom is -0.464 e. The van der Waals surface area contributed by atoms with Gasteiger partial charge in [0.1, 0.15) is 17.4 Å². The van der Waals surface area contributed by atoms with Crippen LogP contribution in [0.3, 0.4) is 0 Å². The molecule has 0 spiro atoms. The molecule has 2 rings (SSSR count). The molecule has 0 heterocycles. The molecular formula is C22H19F9N2O4. The number of benzene rings is 2. The van der Waals surface area contributed by atoms with Gasteiger partial charge >= 0.3 is 30.7 Å². The molecule has 2 amide bonds. The SMILES string of the molecule is CCOC(=O)C(NC(=O)N[C@](C)(c1ccc(F)cc1)c1cc(F)cc(OC(F)(F)C(F)F)c1)C(F)(F)F. The number of hydrogen-bond acceptors (Lipinski definition) is 4. The number of amides is 2. The summed E-state index contributed by atoms with van der Waals surface area (Å²) in [4.78, 5) is 24.3. The van der Waals surface area contributed by atoms with Crippen molar-refractivity contribution in [1.82, 2.24) is 10.6 Å². The predicted molar refractivity (Wildman–Crippen MR) is 109 cm³/mol. The molecule has 2 aromatic rings. The van der Waals surface area contributed by atoms with Gasteiger partial charge in [0.15, 0.2) is 0 Å². The van der Waals surface area contributed by atoms with E-state index in [9.17, 15) is 49.1 Å². The Bertz CT molecular complexity index is 1110. The molecule has 0 aliphatic carbocycles. The monoisotopic (exact) mass is 546 g/mol. The topological polar surface area (TPSA) is 76.7 Å². The van der Waals surface area contributed by atoms with Crippen LogP contribution in [-0.4, -0.2) is 43.4 Å². The van der Waals surface area contributed by atoms with E-state index in [1.807, 2.05) is 5.32 Å². The van der Waals surface area contributed by atoms with Gasteiger partial charge in [0, 0.05) is 6.07 Å². The maximum atomic E-state index is 14.3. The first-order valence-corrected chi connectivity index (χ1v) is 10.2. The molecule has 204 valence electrons. The van der Waals surface area contributed by atoms with Crippen molar-refractivity contribution >= 4 is 12.0 Å². The molecule has 0 bridgehead atoms. The van der Waals surface area contributed by atoms with E-state index in [0.29, 0.717) is 18.2 Å². The third-order valence-corrected chi connectivity index (χ3v) is 4.87. The molecule has 0 aliphatic heterocycles. The van der Waals surface area contributed by atoms with Gasteiger partial charge in [0.2, 0.25) is 6.04 Å². The molecule has 0 aromatic heterocycles. The Morgan fingerprint density at radius 3 is 2.03 bits per heavy atom. The molecule has 0 aliphatic rings. The molecule has 2 aromatic carbocycles. The summed E-state index contributed by atoms with van der Waals surface area (Å²) in [6.07, 6.45) is -14.6. The number of carbonyl (C=O) groups excluding carboxylic acids is 2. The fourth-order valence-corrected chi connectivity index (χ4v) is 3.10. The minimum absolute atomic E-state index is 0.110. The Morgan fingerprint density at radius 2 is 1.51 bits per heavy atom. The second-order valence-corrected chi connectivity index (χ2v) is 7.60. The van der Waals surface area contributed by atoms with E-state index in [1.165, 1.54) is 12.2 Å². The van der Waals surface area contributed by atoms with Crippen LogP contribution < -0.4 is 15.4 Å². The van der Waals surface area contributed by atoms with Crippen molar-refractivity contribution in [2.75, 3.05) is 6.61 Å². The highest BCUT2D eigenvalue weighted by molar-refractivity contribution is 5.85. The van der Waals surface area contributed by atoms with Gasteiger partial charge in [-0.2, -0.15) is 30.7 Å². The first kappa shape index (κ1) is 29.6. The molecule has 2 N–H and O–H groups in total. The van der Waals surface area contributed by atoms with Crippen LogP contribution in [0, 0.1) is 11.6 Å². The van der Waals surface area contributed by atoms with Crippen molar-refractivity contribution in [3.8, 4) is 5.75 Å². The Labute approximate surface area is 203 Å². The summed E-state index contributed by atoms with van der Waals surface area (Å²) in [7, 11) is 0. The quantitative estimate of drug-likeness (QED) is 0.333. The van der Waals surface area contributed by atoms with Crippen molar-refractivity contribution < 1.29 is 58.6 Å². The largest absolute Gasteiger partial charge is 0.464 e. The summed E-state index contributed by atoms with van der Waals surface area (Å²) < 4.78 is 128. The highest BCUT2D eigenvalue weighted by atomic mass is 19.4. The molecule has 0 radical (unpaired) electrons. The zero-order valence-corrected chi connectivity index (χ0v) is 18.9. The van der Waals surface area contributed by atoms with Crippen molar-refractivity contribution in [3.63, 3.8) is 0 Å². The third-order valence-electron chi connectivity index (χ3n) is 4.87. The number of urea groups is 1. The van der Waals surface area contributed by atoms with Gasteiger partial charge in [-0.05, 0) is 49.2 Å². The van der Waals surface area contributed by atoms with Crippen LogP contribution in [0.25, 0.3) is 0 Å². The van der Waals surface area contributed by atoms with Crippen molar-refractivity contribution in [1.29, 1.82) is 0 Å². The predicted octanol–water partition coefficient (Wildman–Crippen LogP) is 5.26. The summed E-state index contributed by atoms with van der Waals surface area (Å²) in [6, 6.07) is 0.596. The fourth-order valence-electron chi connectivity index (χ4n) is 3.10. The number of alkyl halides is 7. The second-order valence-electron chi connectivity index (χ2n) is 7.60. The molecule has 0 fully saturated rings. The summed E-state index contributed by atoms with van der Waals surface area (Å²) in [5, 5.41) is 3.41. The molecule has 6 nitrogen and oxygen atoms in total. The first-order chi connectivity index (χ1) is 17.0. The number of nitrogens with one attached hydrogen (secondary N) is 2. The molecule has 0 saturated heterocycles. The Kier molecular flexibility index (Phi) is 8.93. The Morgan fingerprint density at radius 1 is 0.919 bits per heavy atom. The lowest BCUT2D eigenvalue weighted by Gasteiger charge is -2.33. The average Bonchev–Trinajstić information content (AvgIpc) is 2.76. The summed E-state index contributed by atoms with van der Waals surface area (Å²) in [6.45, 7) is 1.84. The zero-order valence-electron chi connectivity index (χ0n) is 18.9. The Hall–Kier alpha value is -3.65. The average molecular weight is 546 g/mol. The van der Waals surface area contributed by atoms with Gasteiger partial charge in [0.25, 0.3) is 0 Å². The van der Waals surface area contributed by atoms with Crippen molar-refractivity contribution in [2.24, 2.45) is 0 Å². The normalized spacial score (nSPS) is 14.5. The van der Waals surface area contributed by atoms with E-state index in [4.69, 9.17) is 0 Å². The van der Waals surface area contributed by atoms with E-state index in [-0.39, 0.29) is 5.56 Å². The number of ether oxygens (including phenoxy) is 2. The zero-order chi connectivity index (χ0) is 28.2. The standard InChI is InChI=1S/C22H19F9N2O4/c1-3-36-17(34)16(21(27,28)29)32-19(35)33-20(2,11-4-6-13(23)7-5-11)12-8-14(24)10-15(9-12)37-22(30,31)18(25)26/h4-10,16,18H,3H2,1-2H3,(H2,32,33,35)/t16?,20-/m1/s1. The highest BCUT2D eigenvalue weighted by Gasteiger charge is 2.48. The Balaban J connectivity index is 2.54. The molecule has 37 heavy (non-hydrogen) atoms. The molecule has 0 saturated carbocycles. The maximum absolute atomic E-state index is 14.3. The van der Waals surface area contributed by atoms with Crippen LogP contribution in [0.15, 0.2) is 42.5 Å². The summed E-state index contributed by atoms with van der Waals surface area (Å²) >= 11 is 0. The van der Waals surface area contributed by atoms with E-state index in [0.717, 1.165) is 31.2 Å². The van der Waals surface area contributed by atoms with E-state index >= 15 is 0 Å². The van der Waals surface area contributed by atoms with Gasteiger partial charge in [-0.3, -0.25) is 0 Å². The van der Waals surface area contributed by atoms with Crippen LogP contribution >= 0.6 is 0 Å². The number of rotatable bonds is 9. The smallest absolute Gasteiger partial charge is 0.461 e. The summed E-state index contributed by atoms with van der Waals surface area (Å²) in [5.74, 6) is -5.05. The van der Waals surface area contributed by atoms with Crippen molar-refractivity contribution in [2.45, 2.75) is 44.1 Å². The van der Waals surface area contributed by atoms with E-state index in [2.05, 4.69) is 9.47 Å². The third kappa shape index (κ3) is 7.43. The first-order valence-electron chi connectivity index (χ1n) is 10.2. The van der Waals surface area contributed by atoms with Crippen LogP contribution in [0.1, 0.15) is 25.0 Å². The second kappa shape index (κ2) is 11.2. The molecule has 15 heteroatoms. The molecular weight excluding hydrogens is 527 g/mol. The highest BCUT2D eigenvalue weighted by Crippen LogP contribution is 2.35. The fraction of sp³-hybridized carbons (Fsp3) is 0.364. The lowest BCUT2D eigenvalue weighted by Crippen LogP contribution is -2.57. The summed E-state index contributed by atoms with van der Waals surface area (Å²) in [5.41, 5.74) is -2.70. The minimum atomic E-state index is -5.30. The number of hydrogen-bond donors (Lipinski definition) is 2. The number of esters is 1. The van der Waals surface area contributed by atoms with Crippen LogP contribution in [0.5, 0.6) is 5.75 Å². The van der Waals surface area contributed by atoms with E-state index in [1.54, 1.807) is 0 Å². The lowest BCUT2D eigenvalue weighted by atomic mass is 9.84. The number of halogens is 9. The van der Waals surface area contributed by atoms with Gasteiger partial charge in [0.05, 0.1) is 12.1 Å². The molecule has 1 unspecified atom stereocenters. The van der Waals surface area contributed by atoms with E-state index < -0.39 is 71.8 Å². The number of carbonyl (C=O) groups is 2. The molecule has 2 atom stereocenters. The lowest BCUT2D eigenvalue weighted by molar-refractivity contribution is -0.253. The maximum Gasteiger partial charge on any atom is 0.461 e. The van der Waals surface area contributed by atoms with Crippen LogP contribution in [0.2, 0.25) is 0 Å². The van der Waals surface area contributed by atoms with Crippen LogP contribution in [0.4, 0.5) is 44.3 Å². The van der Waals surface area contributed by atoms with Gasteiger partial charge in [-0.25, -0.2) is 18.4 Å². The van der Waals surface area contributed by atoms with Crippen LogP contribution in [-0.2, 0) is 15.1 Å². The van der Waals surface area contributed by atoms with Gasteiger partial charge in [-0.1, -0.05) is 12.1 Å². The van der Waals surface area contributed by atoms with Crippen molar-refractivity contribution in [3.05, 3.63) is 65.2 Å². The van der Waals surface area contributed by atoms with Gasteiger partial charge < -0.3 is 20.1 Å². The van der Waals surface area contributed by atoms with Gasteiger partial charge in [-0.15, -0.1) is 0 Å².